The molecule has 1 rings (SSSR count). The summed E-state index contributed by atoms with van der Waals surface area (Å²) in [6.07, 6.45) is 1.51. The number of rotatable bonds is 5. The molecule has 1 unspecified atom stereocenters. The van der Waals surface area contributed by atoms with Gasteiger partial charge in [0.15, 0.2) is 5.96 Å². The Morgan fingerprint density at radius 2 is 2.00 bits per heavy atom. The number of guanidine groups is 1. The molecule has 0 aromatic heterocycles. The number of hydrogen-bond donors (Lipinski definition) is 1. The summed E-state index contributed by atoms with van der Waals surface area (Å²) in [6.45, 7) is 6.01. The van der Waals surface area contributed by atoms with E-state index in [-0.39, 0.29) is 23.8 Å². The van der Waals surface area contributed by atoms with Crippen molar-refractivity contribution in [3.8, 4) is 0 Å². The van der Waals surface area contributed by atoms with Gasteiger partial charge in [0.2, 0.25) is 0 Å². The van der Waals surface area contributed by atoms with Crippen molar-refractivity contribution in [2.45, 2.75) is 26.7 Å². The molecule has 0 aliphatic carbocycles. The first kappa shape index (κ1) is 18.3. The molecule has 126 valence electrons. The average Bonchev–Trinajstić information content (AvgIpc) is 2.55. The van der Waals surface area contributed by atoms with Crippen LogP contribution in [0.4, 0.5) is 0 Å². The number of nitrogens with one attached hydrogen (secondary N) is 1. The smallest absolute Gasteiger partial charge is 0.310 e. The summed E-state index contributed by atoms with van der Waals surface area (Å²) in [7, 11) is 3.09. The fourth-order valence-corrected chi connectivity index (χ4v) is 2.45. The molecular weight excluding hydrogens is 286 g/mol. The Hall–Kier alpha value is -1.79. The van der Waals surface area contributed by atoms with Crippen molar-refractivity contribution in [2.24, 2.45) is 16.8 Å². The van der Waals surface area contributed by atoms with E-state index in [1.165, 1.54) is 7.11 Å². The Morgan fingerprint density at radius 3 is 2.50 bits per heavy atom. The van der Waals surface area contributed by atoms with E-state index in [1.54, 1.807) is 14.0 Å². The fraction of sp³-hybridized carbons (Fsp3) is 0.800. The van der Waals surface area contributed by atoms with Gasteiger partial charge >= 0.3 is 11.9 Å². The Kier molecular flexibility index (Phi) is 7.70. The van der Waals surface area contributed by atoms with Crippen LogP contribution in [-0.4, -0.2) is 63.2 Å². The Balaban J connectivity index is 2.44. The number of carbonyl (C=O) groups excluding carboxylic acids is 2. The molecule has 7 nitrogen and oxygen atoms in total. The van der Waals surface area contributed by atoms with Gasteiger partial charge in [-0.05, 0) is 19.8 Å². The van der Waals surface area contributed by atoms with E-state index in [9.17, 15) is 9.59 Å². The second-order valence-corrected chi connectivity index (χ2v) is 5.37. The highest BCUT2D eigenvalue weighted by molar-refractivity contribution is 5.81. The molecule has 0 bridgehead atoms. The van der Waals surface area contributed by atoms with E-state index < -0.39 is 0 Å². The van der Waals surface area contributed by atoms with Crippen LogP contribution in [0.3, 0.4) is 0 Å². The number of carbonyl (C=O) groups is 2. The largest absolute Gasteiger partial charge is 0.469 e. The van der Waals surface area contributed by atoms with Gasteiger partial charge in [-0.15, -0.1) is 0 Å². The molecule has 1 atom stereocenters. The van der Waals surface area contributed by atoms with Gasteiger partial charge in [0.05, 0.1) is 25.6 Å². The zero-order valence-electron chi connectivity index (χ0n) is 13.9. The highest BCUT2D eigenvalue weighted by Crippen LogP contribution is 2.18. The van der Waals surface area contributed by atoms with Gasteiger partial charge in [-0.1, -0.05) is 6.92 Å². The van der Waals surface area contributed by atoms with Crippen molar-refractivity contribution in [1.29, 1.82) is 0 Å². The first-order valence-corrected chi connectivity index (χ1v) is 7.73. The van der Waals surface area contributed by atoms with Crippen LogP contribution >= 0.6 is 0 Å². The molecule has 22 heavy (non-hydrogen) atoms. The predicted molar refractivity (Wildman–Crippen MR) is 83.5 cm³/mol. The molecule has 0 aromatic rings. The van der Waals surface area contributed by atoms with Gasteiger partial charge in [0.25, 0.3) is 0 Å². The number of aliphatic imine (C=N–C) groups is 1. The monoisotopic (exact) mass is 313 g/mol. The molecule has 0 aromatic carbocycles. The molecule has 1 aliphatic rings. The van der Waals surface area contributed by atoms with Crippen molar-refractivity contribution in [1.82, 2.24) is 10.2 Å². The highest BCUT2D eigenvalue weighted by Gasteiger charge is 2.27. The van der Waals surface area contributed by atoms with Crippen molar-refractivity contribution < 1.29 is 19.1 Å². The maximum absolute atomic E-state index is 11.7. The number of piperidine rings is 1. The second kappa shape index (κ2) is 9.27. The average molecular weight is 313 g/mol. The Bertz CT molecular complexity index is 404. The van der Waals surface area contributed by atoms with Crippen molar-refractivity contribution >= 4 is 17.9 Å². The van der Waals surface area contributed by atoms with Crippen LogP contribution in [-0.2, 0) is 19.1 Å². The number of hydrogen-bond acceptors (Lipinski definition) is 5. The van der Waals surface area contributed by atoms with Gasteiger partial charge in [-0.2, -0.15) is 0 Å². The Morgan fingerprint density at radius 1 is 1.36 bits per heavy atom. The molecule has 1 fully saturated rings. The zero-order valence-corrected chi connectivity index (χ0v) is 13.9. The number of likely N-dealkylation sites (tertiary alicyclic amines) is 1. The summed E-state index contributed by atoms with van der Waals surface area (Å²) in [6, 6.07) is 0. The number of nitrogens with zero attached hydrogens (tertiary/aromatic N) is 2. The maximum Gasteiger partial charge on any atom is 0.310 e. The predicted octanol–water partition coefficient (Wildman–Crippen LogP) is 0.646. The SMILES string of the molecule is CCOC(=O)C1CCN(C(=NC)NCC(C)C(=O)OC)CC1. The molecule has 7 heteroatoms. The molecule has 0 amide bonds. The maximum atomic E-state index is 11.7. The van der Waals surface area contributed by atoms with Crippen molar-refractivity contribution in [3.05, 3.63) is 0 Å². The van der Waals surface area contributed by atoms with Crippen LogP contribution in [0.2, 0.25) is 0 Å². The quantitative estimate of drug-likeness (QED) is 0.456. The molecule has 1 heterocycles. The molecule has 0 saturated carbocycles. The van der Waals surface area contributed by atoms with E-state index in [0.717, 1.165) is 31.9 Å². The van der Waals surface area contributed by atoms with E-state index in [1.807, 2.05) is 6.92 Å². The van der Waals surface area contributed by atoms with Crippen LogP contribution < -0.4 is 5.32 Å². The third kappa shape index (κ3) is 5.20. The second-order valence-electron chi connectivity index (χ2n) is 5.37. The lowest BCUT2D eigenvalue weighted by Crippen LogP contribution is -2.48. The number of methoxy groups -OCH3 is 1. The lowest BCUT2D eigenvalue weighted by molar-refractivity contribution is -0.149. The van der Waals surface area contributed by atoms with Crippen LogP contribution in [0.15, 0.2) is 4.99 Å². The molecule has 0 spiro atoms. The summed E-state index contributed by atoms with van der Waals surface area (Å²) in [4.78, 5) is 29.5. The number of esters is 2. The van der Waals surface area contributed by atoms with Crippen molar-refractivity contribution in [3.63, 3.8) is 0 Å². The standard InChI is InChI=1S/C15H27N3O4/c1-5-22-14(20)12-6-8-18(9-7-12)15(16-3)17-10-11(2)13(19)21-4/h11-12H,5-10H2,1-4H3,(H,16,17). The van der Waals surface area contributed by atoms with E-state index in [0.29, 0.717) is 13.2 Å². The molecule has 1 N–H and O–H groups in total. The van der Waals surface area contributed by atoms with Crippen LogP contribution in [0.1, 0.15) is 26.7 Å². The van der Waals surface area contributed by atoms with E-state index >= 15 is 0 Å². The first-order chi connectivity index (χ1) is 10.5. The van der Waals surface area contributed by atoms with Crippen molar-refractivity contribution in [2.75, 3.05) is 40.4 Å². The van der Waals surface area contributed by atoms with E-state index in [2.05, 4.69) is 15.2 Å². The Labute approximate surface area is 132 Å². The number of ether oxygens (including phenoxy) is 2. The van der Waals surface area contributed by atoms with Gasteiger partial charge in [-0.3, -0.25) is 14.6 Å². The minimum atomic E-state index is -0.246. The van der Waals surface area contributed by atoms with Gasteiger partial charge in [-0.25, -0.2) is 0 Å². The van der Waals surface area contributed by atoms with Crippen LogP contribution in [0.25, 0.3) is 0 Å². The van der Waals surface area contributed by atoms with Gasteiger partial charge in [0.1, 0.15) is 0 Å². The summed E-state index contributed by atoms with van der Waals surface area (Å²) in [5, 5.41) is 3.18. The van der Waals surface area contributed by atoms with Gasteiger partial charge in [0, 0.05) is 26.7 Å². The fourth-order valence-electron chi connectivity index (χ4n) is 2.45. The topological polar surface area (TPSA) is 80.2 Å². The summed E-state index contributed by atoms with van der Waals surface area (Å²) in [5.74, 6) is 0.133. The lowest BCUT2D eigenvalue weighted by atomic mass is 9.97. The minimum absolute atomic E-state index is 0.0247. The van der Waals surface area contributed by atoms with E-state index in [4.69, 9.17) is 9.47 Å². The lowest BCUT2D eigenvalue weighted by Gasteiger charge is -2.33. The molecular formula is C15H27N3O4. The summed E-state index contributed by atoms with van der Waals surface area (Å²) < 4.78 is 9.77. The molecule has 0 radical (unpaired) electrons. The zero-order chi connectivity index (χ0) is 16.5. The summed E-state index contributed by atoms with van der Waals surface area (Å²) >= 11 is 0. The highest BCUT2D eigenvalue weighted by atomic mass is 16.5. The van der Waals surface area contributed by atoms with Gasteiger partial charge < -0.3 is 19.7 Å². The normalized spacial score (nSPS) is 17.8. The first-order valence-electron chi connectivity index (χ1n) is 7.73. The molecule has 1 saturated heterocycles. The third-order valence-corrected chi connectivity index (χ3v) is 3.80. The van der Waals surface area contributed by atoms with Crippen LogP contribution in [0, 0.1) is 11.8 Å². The van der Waals surface area contributed by atoms with Crippen LogP contribution in [0.5, 0.6) is 0 Å². The molecule has 1 aliphatic heterocycles. The minimum Gasteiger partial charge on any atom is -0.469 e. The summed E-state index contributed by atoms with van der Waals surface area (Å²) in [5.41, 5.74) is 0. The third-order valence-electron chi connectivity index (χ3n) is 3.80.